The normalized spacial score (nSPS) is 21.5. The molecule has 3 rings (SSSR count). The zero-order valence-corrected chi connectivity index (χ0v) is 13.5. The van der Waals surface area contributed by atoms with E-state index >= 15 is 0 Å². The second-order valence-corrected chi connectivity index (χ2v) is 5.94. The Bertz CT molecular complexity index is 782. The molecule has 2 atom stereocenters. The number of rotatable bonds is 2. The molecular weight excluding hydrogens is 323 g/mol. The number of aromatic nitrogens is 3. The van der Waals surface area contributed by atoms with E-state index in [-0.39, 0.29) is 23.0 Å². The number of hydrogen-bond donors (Lipinski definition) is 1. The summed E-state index contributed by atoms with van der Waals surface area (Å²) in [7, 11) is 0. The Labute approximate surface area is 137 Å². The summed E-state index contributed by atoms with van der Waals surface area (Å²) in [5, 5.41) is 0.0178. The number of anilines is 1. The fraction of sp³-hybridized carbons (Fsp3) is 0.400. The SMILES string of the molecule is C[C@@H]1CN(c2nc(-c3ccnc(F)c3)[nH]c(=O)c2Cl)[C@H](C)CO1. The molecule has 0 radical (unpaired) electrons. The Morgan fingerprint density at radius 1 is 1.48 bits per heavy atom. The maximum atomic E-state index is 13.3. The molecule has 23 heavy (non-hydrogen) atoms. The van der Waals surface area contributed by atoms with Gasteiger partial charge in [0.1, 0.15) is 10.8 Å². The first-order valence-electron chi connectivity index (χ1n) is 7.25. The molecule has 2 aromatic rings. The molecule has 0 aromatic carbocycles. The van der Waals surface area contributed by atoms with Crippen LogP contribution in [0.15, 0.2) is 23.1 Å². The second-order valence-electron chi connectivity index (χ2n) is 5.56. The van der Waals surface area contributed by atoms with Gasteiger partial charge < -0.3 is 14.6 Å². The van der Waals surface area contributed by atoms with Crippen LogP contribution in [-0.4, -0.2) is 40.2 Å². The summed E-state index contributed by atoms with van der Waals surface area (Å²) in [6.07, 6.45) is 1.32. The van der Waals surface area contributed by atoms with Crippen LogP contribution in [0.25, 0.3) is 11.4 Å². The van der Waals surface area contributed by atoms with E-state index in [0.717, 1.165) is 0 Å². The fourth-order valence-corrected chi connectivity index (χ4v) is 2.72. The van der Waals surface area contributed by atoms with Crippen molar-refractivity contribution >= 4 is 17.4 Å². The zero-order valence-electron chi connectivity index (χ0n) is 12.7. The predicted octanol–water partition coefficient (Wildman–Crippen LogP) is 2.24. The lowest BCUT2D eigenvalue weighted by atomic mass is 10.2. The zero-order chi connectivity index (χ0) is 16.6. The molecule has 0 saturated carbocycles. The number of ether oxygens (including phenoxy) is 1. The summed E-state index contributed by atoms with van der Waals surface area (Å²) >= 11 is 6.16. The molecule has 0 aliphatic carbocycles. The predicted molar refractivity (Wildman–Crippen MR) is 85.3 cm³/mol. The largest absolute Gasteiger partial charge is 0.375 e. The monoisotopic (exact) mass is 338 g/mol. The van der Waals surface area contributed by atoms with Crippen molar-refractivity contribution in [1.29, 1.82) is 0 Å². The second kappa shape index (κ2) is 6.25. The van der Waals surface area contributed by atoms with Gasteiger partial charge in [0.25, 0.3) is 5.56 Å². The quantitative estimate of drug-likeness (QED) is 0.850. The van der Waals surface area contributed by atoms with Gasteiger partial charge in [0.2, 0.25) is 5.95 Å². The molecule has 6 nitrogen and oxygen atoms in total. The highest BCUT2D eigenvalue weighted by Gasteiger charge is 2.27. The number of nitrogens with one attached hydrogen (secondary N) is 1. The molecule has 1 N–H and O–H groups in total. The van der Waals surface area contributed by atoms with Crippen LogP contribution in [-0.2, 0) is 4.74 Å². The van der Waals surface area contributed by atoms with Gasteiger partial charge in [-0.05, 0) is 19.9 Å². The number of morpholine rings is 1. The van der Waals surface area contributed by atoms with Crippen molar-refractivity contribution in [2.75, 3.05) is 18.1 Å². The molecule has 0 amide bonds. The third-order valence-corrected chi connectivity index (χ3v) is 4.07. The maximum absolute atomic E-state index is 13.3. The van der Waals surface area contributed by atoms with Gasteiger partial charge in [0, 0.05) is 24.4 Å². The van der Waals surface area contributed by atoms with Gasteiger partial charge >= 0.3 is 0 Å². The van der Waals surface area contributed by atoms with E-state index < -0.39 is 11.5 Å². The summed E-state index contributed by atoms with van der Waals surface area (Å²) in [4.78, 5) is 24.6. The number of nitrogens with zero attached hydrogens (tertiary/aromatic N) is 3. The van der Waals surface area contributed by atoms with Gasteiger partial charge in [-0.2, -0.15) is 4.39 Å². The number of aromatic amines is 1. The highest BCUT2D eigenvalue weighted by molar-refractivity contribution is 6.32. The lowest BCUT2D eigenvalue weighted by molar-refractivity contribution is 0.0340. The van der Waals surface area contributed by atoms with Crippen molar-refractivity contribution in [1.82, 2.24) is 15.0 Å². The van der Waals surface area contributed by atoms with E-state index in [0.29, 0.717) is 24.5 Å². The van der Waals surface area contributed by atoms with E-state index in [9.17, 15) is 9.18 Å². The van der Waals surface area contributed by atoms with Crippen LogP contribution in [0.3, 0.4) is 0 Å². The van der Waals surface area contributed by atoms with Gasteiger partial charge in [-0.1, -0.05) is 11.6 Å². The molecule has 0 bridgehead atoms. The Hall–Kier alpha value is -1.99. The minimum Gasteiger partial charge on any atom is -0.375 e. The van der Waals surface area contributed by atoms with Gasteiger partial charge in [-0.15, -0.1) is 0 Å². The molecule has 8 heteroatoms. The average Bonchev–Trinajstić information content (AvgIpc) is 2.52. The van der Waals surface area contributed by atoms with Gasteiger partial charge in [0.05, 0.1) is 18.8 Å². The van der Waals surface area contributed by atoms with E-state index in [1.807, 2.05) is 18.7 Å². The van der Waals surface area contributed by atoms with Gasteiger partial charge in [0.15, 0.2) is 5.82 Å². The molecule has 1 saturated heterocycles. The average molecular weight is 339 g/mol. The molecule has 122 valence electrons. The van der Waals surface area contributed by atoms with Crippen molar-refractivity contribution in [3.05, 3.63) is 39.7 Å². The highest BCUT2D eigenvalue weighted by atomic mass is 35.5. The van der Waals surface area contributed by atoms with Crippen molar-refractivity contribution in [3.63, 3.8) is 0 Å². The van der Waals surface area contributed by atoms with Crippen LogP contribution >= 0.6 is 11.6 Å². The third-order valence-electron chi connectivity index (χ3n) is 3.73. The lowest BCUT2D eigenvalue weighted by Gasteiger charge is -2.37. The summed E-state index contributed by atoms with van der Waals surface area (Å²) in [5.41, 5.74) is -0.0308. The van der Waals surface area contributed by atoms with E-state index in [1.165, 1.54) is 12.3 Å². The Balaban J connectivity index is 2.08. The molecule has 1 fully saturated rings. The number of H-pyrrole nitrogens is 1. The maximum Gasteiger partial charge on any atom is 0.272 e. The molecule has 3 heterocycles. The number of pyridine rings is 1. The minimum atomic E-state index is -0.644. The summed E-state index contributed by atoms with van der Waals surface area (Å²) in [5.74, 6) is -0.0117. The van der Waals surface area contributed by atoms with Gasteiger partial charge in [-0.3, -0.25) is 4.79 Å². The van der Waals surface area contributed by atoms with E-state index in [1.54, 1.807) is 6.07 Å². The Kier molecular flexibility index (Phi) is 4.32. The molecule has 0 unspecified atom stereocenters. The van der Waals surface area contributed by atoms with Crippen LogP contribution < -0.4 is 10.5 Å². The lowest BCUT2D eigenvalue weighted by Crippen LogP contribution is -2.48. The Morgan fingerprint density at radius 2 is 2.26 bits per heavy atom. The fourth-order valence-electron chi connectivity index (χ4n) is 2.52. The van der Waals surface area contributed by atoms with Crippen molar-refractivity contribution in [2.45, 2.75) is 26.0 Å². The third kappa shape index (κ3) is 3.20. The standard InChI is InChI=1S/C15H16ClFN4O2/c1-8-7-23-9(2)6-21(8)14-12(16)15(22)20-13(19-14)10-3-4-18-11(17)5-10/h3-5,8-9H,6-7H2,1-2H3,(H,19,20,22)/t8-,9-/m1/s1. The van der Waals surface area contributed by atoms with E-state index in [4.69, 9.17) is 16.3 Å². The van der Waals surface area contributed by atoms with Crippen LogP contribution in [0.5, 0.6) is 0 Å². The summed E-state index contributed by atoms with van der Waals surface area (Å²) in [6, 6.07) is 2.81. The highest BCUT2D eigenvalue weighted by Crippen LogP contribution is 2.27. The van der Waals surface area contributed by atoms with Gasteiger partial charge in [-0.25, -0.2) is 9.97 Å². The van der Waals surface area contributed by atoms with Crippen LogP contribution in [0.2, 0.25) is 5.02 Å². The summed E-state index contributed by atoms with van der Waals surface area (Å²) < 4.78 is 18.9. The van der Waals surface area contributed by atoms with Crippen LogP contribution in [0.1, 0.15) is 13.8 Å². The molecular formula is C15H16ClFN4O2. The number of halogens is 2. The first-order valence-corrected chi connectivity index (χ1v) is 7.63. The van der Waals surface area contributed by atoms with Crippen LogP contribution in [0, 0.1) is 5.95 Å². The van der Waals surface area contributed by atoms with E-state index in [2.05, 4.69) is 15.0 Å². The van der Waals surface area contributed by atoms with Crippen LogP contribution in [0.4, 0.5) is 10.2 Å². The molecule has 1 aliphatic heterocycles. The topological polar surface area (TPSA) is 71.1 Å². The summed E-state index contributed by atoms with van der Waals surface area (Å²) in [6.45, 7) is 5.00. The number of hydrogen-bond acceptors (Lipinski definition) is 5. The molecule has 0 spiro atoms. The van der Waals surface area contributed by atoms with Crippen molar-refractivity contribution < 1.29 is 9.13 Å². The molecule has 2 aromatic heterocycles. The Morgan fingerprint density at radius 3 is 3.00 bits per heavy atom. The van der Waals surface area contributed by atoms with Crippen molar-refractivity contribution in [2.24, 2.45) is 0 Å². The van der Waals surface area contributed by atoms with Crippen molar-refractivity contribution in [3.8, 4) is 11.4 Å². The first kappa shape index (κ1) is 15.9. The molecule has 1 aliphatic rings. The first-order chi connectivity index (χ1) is 11.0. The smallest absolute Gasteiger partial charge is 0.272 e. The minimum absolute atomic E-state index is 0.00479.